The van der Waals surface area contributed by atoms with Crippen molar-refractivity contribution in [1.82, 2.24) is 0 Å². The molecular formula is C27H26F2INO2. The molecule has 0 aliphatic carbocycles. The van der Waals surface area contributed by atoms with Crippen molar-refractivity contribution in [2.24, 2.45) is 4.99 Å². The summed E-state index contributed by atoms with van der Waals surface area (Å²) in [6.07, 6.45) is 0.0422. The Kier molecular flexibility index (Phi) is 7.67. The maximum absolute atomic E-state index is 14.1. The summed E-state index contributed by atoms with van der Waals surface area (Å²) in [4.78, 5) is 18.4. The number of hydrogen-bond donors (Lipinski definition) is 0. The third-order valence-corrected chi connectivity index (χ3v) is 5.92. The highest BCUT2D eigenvalue weighted by Crippen LogP contribution is 2.28. The van der Waals surface area contributed by atoms with Gasteiger partial charge in [-0.1, -0.05) is 60.7 Å². The van der Waals surface area contributed by atoms with Gasteiger partial charge in [0.25, 0.3) is 0 Å². The zero-order valence-electron chi connectivity index (χ0n) is 19.0. The second kappa shape index (κ2) is 10.1. The van der Waals surface area contributed by atoms with E-state index in [9.17, 15) is 13.6 Å². The van der Waals surface area contributed by atoms with Crippen LogP contribution in [0.25, 0.3) is 0 Å². The summed E-state index contributed by atoms with van der Waals surface area (Å²) >= 11 is 1.94. The fraction of sp³-hybridized carbons (Fsp3) is 0.259. The monoisotopic (exact) mass is 561 g/mol. The third kappa shape index (κ3) is 6.47. The molecule has 0 aliphatic rings. The standard InChI is InChI=1S/C27H26F2INO2/c1-26(2,3)33-25(32)27(4,17-20-15-21(28)22(29)16-23(20)30)31-24(18-11-7-5-8-12-18)19-13-9-6-10-14-19/h5-16H,17H2,1-4H3. The van der Waals surface area contributed by atoms with Gasteiger partial charge < -0.3 is 4.74 Å². The molecule has 1 atom stereocenters. The second-order valence-electron chi connectivity index (χ2n) is 9.00. The van der Waals surface area contributed by atoms with Crippen molar-refractivity contribution >= 4 is 34.3 Å². The van der Waals surface area contributed by atoms with Crippen molar-refractivity contribution < 1.29 is 18.3 Å². The van der Waals surface area contributed by atoms with E-state index in [1.54, 1.807) is 27.7 Å². The van der Waals surface area contributed by atoms with Gasteiger partial charge in [0.05, 0.1) is 5.71 Å². The SMILES string of the molecule is CC(C)(C)OC(=O)C(C)(Cc1cc(F)c(F)cc1I)N=C(c1ccccc1)c1ccccc1. The van der Waals surface area contributed by atoms with Crippen LogP contribution >= 0.6 is 22.6 Å². The third-order valence-electron chi connectivity index (χ3n) is 4.92. The predicted molar refractivity (Wildman–Crippen MR) is 136 cm³/mol. The number of hydrogen-bond acceptors (Lipinski definition) is 3. The first-order chi connectivity index (χ1) is 15.5. The van der Waals surface area contributed by atoms with E-state index in [0.29, 0.717) is 14.8 Å². The van der Waals surface area contributed by atoms with Gasteiger partial charge in [0.2, 0.25) is 0 Å². The Hall–Kier alpha value is -2.61. The lowest BCUT2D eigenvalue weighted by Crippen LogP contribution is -2.42. The van der Waals surface area contributed by atoms with Crippen molar-refractivity contribution in [2.45, 2.75) is 45.3 Å². The first-order valence-corrected chi connectivity index (χ1v) is 11.6. The molecule has 1 unspecified atom stereocenters. The lowest BCUT2D eigenvalue weighted by Gasteiger charge is -2.30. The molecule has 0 saturated carbocycles. The van der Waals surface area contributed by atoms with Crippen LogP contribution in [-0.2, 0) is 16.0 Å². The number of aliphatic imine (C=N–C) groups is 1. The van der Waals surface area contributed by atoms with Gasteiger partial charge in [0.15, 0.2) is 17.2 Å². The van der Waals surface area contributed by atoms with Crippen molar-refractivity contribution in [2.75, 3.05) is 0 Å². The van der Waals surface area contributed by atoms with Crippen molar-refractivity contribution in [3.05, 3.63) is 105 Å². The fourth-order valence-corrected chi connectivity index (χ4v) is 3.97. The van der Waals surface area contributed by atoms with Crippen LogP contribution in [0.4, 0.5) is 8.78 Å². The molecule has 6 heteroatoms. The number of benzene rings is 3. The number of esters is 1. The molecule has 0 amide bonds. The minimum Gasteiger partial charge on any atom is -0.458 e. The highest BCUT2D eigenvalue weighted by molar-refractivity contribution is 14.1. The highest BCUT2D eigenvalue weighted by Gasteiger charge is 2.38. The largest absolute Gasteiger partial charge is 0.458 e. The first-order valence-electron chi connectivity index (χ1n) is 10.6. The van der Waals surface area contributed by atoms with Crippen LogP contribution in [0.5, 0.6) is 0 Å². The minimum atomic E-state index is -1.39. The maximum atomic E-state index is 14.1. The van der Waals surface area contributed by atoms with Crippen molar-refractivity contribution in [1.29, 1.82) is 0 Å². The molecule has 3 nitrogen and oxygen atoms in total. The van der Waals surface area contributed by atoms with Gasteiger partial charge in [0.1, 0.15) is 5.60 Å². The molecule has 0 saturated heterocycles. The maximum Gasteiger partial charge on any atom is 0.334 e. The summed E-state index contributed by atoms with van der Waals surface area (Å²) in [5, 5.41) is 0. The van der Waals surface area contributed by atoms with Crippen molar-refractivity contribution in [3.8, 4) is 0 Å². The molecule has 0 N–H and O–H groups in total. The van der Waals surface area contributed by atoms with E-state index < -0.39 is 28.7 Å². The van der Waals surface area contributed by atoms with Crippen LogP contribution in [-0.4, -0.2) is 22.8 Å². The Morgan fingerprint density at radius 2 is 1.36 bits per heavy atom. The van der Waals surface area contributed by atoms with E-state index in [1.165, 1.54) is 0 Å². The zero-order chi connectivity index (χ0) is 24.2. The van der Waals surface area contributed by atoms with Crippen LogP contribution in [0.15, 0.2) is 77.8 Å². The molecule has 0 radical (unpaired) electrons. The zero-order valence-corrected chi connectivity index (χ0v) is 21.2. The number of nitrogens with zero attached hydrogens (tertiary/aromatic N) is 1. The van der Waals surface area contributed by atoms with Crippen LogP contribution < -0.4 is 0 Å². The smallest absolute Gasteiger partial charge is 0.334 e. The lowest BCUT2D eigenvalue weighted by molar-refractivity contribution is -0.160. The molecular weight excluding hydrogens is 535 g/mol. The lowest BCUT2D eigenvalue weighted by atomic mass is 9.91. The quantitative estimate of drug-likeness (QED) is 0.145. The summed E-state index contributed by atoms with van der Waals surface area (Å²) in [6, 6.07) is 21.3. The van der Waals surface area contributed by atoms with Crippen LogP contribution in [0.1, 0.15) is 44.4 Å². The van der Waals surface area contributed by atoms with Gasteiger partial charge in [-0.15, -0.1) is 0 Å². The molecule has 0 spiro atoms. The Bertz CT molecular complexity index is 1120. The Morgan fingerprint density at radius 3 is 1.85 bits per heavy atom. The molecule has 172 valence electrons. The summed E-state index contributed by atoms with van der Waals surface area (Å²) in [5.74, 6) is -2.44. The summed E-state index contributed by atoms with van der Waals surface area (Å²) in [6.45, 7) is 7.02. The predicted octanol–water partition coefficient (Wildman–Crippen LogP) is 6.75. The molecule has 0 bridgehead atoms. The van der Waals surface area contributed by atoms with E-state index in [1.807, 2.05) is 83.3 Å². The second-order valence-corrected chi connectivity index (χ2v) is 10.2. The van der Waals surface area contributed by atoms with E-state index in [0.717, 1.165) is 23.3 Å². The Labute approximate surface area is 207 Å². The number of carbonyl (C=O) groups is 1. The summed E-state index contributed by atoms with van der Waals surface area (Å²) < 4.78 is 34.0. The molecule has 0 heterocycles. The molecule has 3 rings (SSSR count). The molecule has 0 aromatic heterocycles. The van der Waals surface area contributed by atoms with Crippen LogP contribution in [0.2, 0.25) is 0 Å². The molecule has 0 aliphatic heterocycles. The molecule has 33 heavy (non-hydrogen) atoms. The van der Waals surface area contributed by atoms with Gasteiger partial charge in [0, 0.05) is 21.1 Å². The van der Waals surface area contributed by atoms with Gasteiger partial charge in [-0.05, 0) is 68.0 Å². The van der Waals surface area contributed by atoms with E-state index >= 15 is 0 Å². The topological polar surface area (TPSA) is 38.7 Å². The number of carbonyl (C=O) groups excluding carboxylic acids is 1. The van der Waals surface area contributed by atoms with E-state index in [4.69, 9.17) is 9.73 Å². The summed E-state index contributed by atoms with van der Waals surface area (Å²) in [5.41, 5.74) is 0.624. The van der Waals surface area contributed by atoms with Gasteiger partial charge >= 0.3 is 5.97 Å². The number of rotatable bonds is 6. The van der Waals surface area contributed by atoms with Crippen molar-refractivity contribution in [3.63, 3.8) is 0 Å². The molecule has 3 aromatic rings. The average molecular weight is 561 g/mol. The van der Waals surface area contributed by atoms with Gasteiger partial charge in [-0.3, -0.25) is 4.99 Å². The van der Waals surface area contributed by atoms with Crippen LogP contribution in [0, 0.1) is 15.2 Å². The summed E-state index contributed by atoms with van der Waals surface area (Å²) in [7, 11) is 0. The van der Waals surface area contributed by atoms with E-state index in [-0.39, 0.29) is 6.42 Å². The molecule has 3 aromatic carbocycles. The van der Waals surface area contributed by atoms with Gasteiger partial charge in [-0.2, -0.15) is 0 Å². The number of ether oxygens (including phenoxy) is 1. The fourth-order valence-electron chi connectivity index (χ4n) is 3.35. The molecule has 0 fully saturated rings. The highest BCUT2D eigenvalue weighted by atomic mass is 127. The van der Waals surface area contributed by atoms with Crippen LogP contribution in [0.3, 0.4) is 0 Å². The average Bonchev–Trinajstić information content (AvgIpc) is 2.76. The Balaban J connectivity index is 2.19. The minimum absolute atomic E-state index is 0.0422. The normalized spacial score (nSPS) is 13.2. The Morgan fingerprint density at radius 1 is 0.879 bits per heavy atom. The van der Waals surface area contributed by atoms with Gasteiger partial charge in [-0.25, -0.2) is 13.6 Å². The van der Waals surface area contributed by atoms with E-state index in [2.05, 4.69) is 0 Å². The first kappa shape index (κ1) is 25.0. The number of halogens is 3.